The Morgan fingerprint density at radius 1 is 1.24 bits per heavy atom. The Kier molecular flexibility index (Phi) is 3.55. The van der Waals surface area contributed by atoms with Gasteiger partial charge in [0.15, 0.2) is 11.5 Å². The van der Waals surface area contributed by atoms with Gasteiger partial charge in [0.1, 0.15) is 0 Å². The fraction of sp³-hybridized carbons (Fsp3) is 0.250. The number of aromatic nitrogens is 3. The summed E-state index contributed by atoms with van der Waals surface area (Å²) in [5.74, 6) is 1.03. The number of benzene rings is 1. The van der Waals surface area contributed by atoms with Gasteiger partial charge in [-0.3, -0.25) is 5.10 Å². The number of hydrogen-bond acceptors (Lipinski definition) is 3. The maximum absolute atomic E-state index is 5.99. The molecule has 0 unspecified atom stereocenters. The van der Waals surface area contributed by atoms with Gasteiger partial charge >= 0.3 is 0 Å². The third-order valence-corrected chi connectivity index (χ3v) is 4.05. The molecule has 21 heavy (non-hydrogen) atoms. The standard InChI is InChI=1S/C16H17ClN4/c1-9-5-3-4-6-11(9)14-12(7-8-17)10(2)13-15(18)20-21-16(13)19-14/h3-6H,7-8H2,1-2H3,(H3,18,19,20,21). The van der Waals surface area contributed by atoms with Gasteiger partial charge < -0.3 is 5.73 Å². The number of nitrogens with zero attached hydrogens (tertiary/aromatic N) is 2. The SMILES string of the molecule is Cc1ccccc1-c1nc2[nH]nc(N)c2c(C)c1CCCl. The Labute approximate surface area is 128 Å². The van der Waals surface area contributed by atoms with Gasteiger partial charge in [0.25, 0.3) is 0 Å². The van der Waals surface area contributed by atoms with E-state index in [9.17, 15) is 0 Å². The number of anilines is 1. The van der Waals surface area contributed by atoms with Crippen LogP contribution in [0.4, 0.5) is 5.82 Å². The highest BCUT2D eigenvalue weighted by Gasteiger charge is 2.17. The van der Waals surface area contributed by atoms with E-state index in [1.807, 2.05) is 12.1 Å². The lowest BCUT2D eigenvalue weighted by Gasteiger charge is -2.14. The summed E-state index contributed by atoms with van der Waals surface area (Å²) < 4.78 is 0. The number of rotatable bonds is 3. The van der Waals surface area contributed by atoms with E-state index in [1.165, 1.54) is 5.56 Å². The van der Waals surface area contributed by atoms with Crippen molar-refractivity contribution in [3.8, 4) is 11.3 Å². The average Bonchev–Trinajstić information content (AvgIpc) is 2.84. The molecule has 0 amide bonds. The molecule has 0 aliphatic carbocycles. The summed E-state index contributed by atoms with van der Waals surface area (Å²) >= 11 is 5.99. The first kappa shape index (κ1) is 13.9. The zero-order valence-electron chi connectivity index (χ0n) is 12.1. The molecule has 0 fully saturated rings. The average molecular weight is 301 g/mol. The number of fused-ring (bicyclic) bond motifs is 1. The van der Waals surface area contributed by atoms with Crippen LogP contribution in [0.2, 0.25) is 0 Å². The second-order valence-corrected chi connectivity index (χ2v) is 5.53. The second-order valence-electron chi connectivity index (χ2n) is 5.15. The molecule has 2 aromatic heterocycles. The van der Waals surface area contributed by atoms with Gasteiger partial charge in [-0.2, -0.15) is 5.10 Å². The first-order valence-electron chi connectivity index (χ1n) is 6.88. The van der Waals surface area contributed by atoms with E-state index in [0.717, 1.165) is 39.8 Å². The minimum absolute atomic E-state index is 0.488. The highest BCUT2D eigenvalue weighted by Crippen LogP contribution is 2.33. The smallest absolute Gasteiger partial charge is 0.158 e. The summed E-state index contributed by atoms with van der Waals surface area (Å²) in [4.78, 5) is 4.75. The molecule has 108 valence electrons. The molecule has 1 aromatic carbocycles. The van der Waals surface area contributed by atoms with Gasteiger partial charge in [-0.1, -0.05) is 24.3 Å². The minimum atomic E-state index is 0.488. The molecule has 4 nitrogen and oxygen atoms in total. The molecule has 5 heteroatoms. The van der Waals surface area contributed by atoms with Crippen molar-refractivity contribution in [2.45, 2.75) is 20.3 Å². The van der Waals surface area contributed by atoms with Gasteiger partial charge in [-0.15, -0.1) is 11.6 Å². The van der Waals surface area contributed by atoms with Crippen LogP contribution in [0.3, 0.4) is 0 Å². The molecule has 0 saturated carbocycles. The van der Waals surface area contributed by atoms with Gasteiger partial charge in [0.2, 0.25) is 0 Å². The van der Waals surface area contributed by atoms with Crippen molar-refractivity contribution in [1.82, 2.24) is 15.2 Å². The van der Waals surface area contributed by atoms with Crippen LogP contribution in [0.5, 0.6) is 0 Å². The van der Waals surface area contributed by atoms with Gasteiger partial charge in [0.05, 0.1) is 11.1 Å². The number of pyridine rings is 1. The van der Waals surface area contributed by atoms with Crippen LogP contribution < -0.4 is 5.73 Å². The van der Waals surface area contributed by atoms with E-state index in [1.54, 1.807) is 0 Å². The Bertz CT molecular complexity index is 807. The number of H-pyrrole nitrogens is 1. The highest BCUT2D eigenvalue weighted by atomic mass is 35.5. The van der Waals surface area contributed by atoms with Crippen LogP contribution in [0, 0.1) is 13.8 Å². The number of nitrogens with two attached hydrogens (primary N) is 1. The van der Waals surface area contributed by atoms with Crippen LogP contribution in [-0.2, 0) is 6.42 Å². The van der Waals surface area contributed by atoms with Gasteiger partial charge in [-0.25, -0.2) is 4.98 Å². The first-order valence-corrected chi connectivity index (χ1v) is 7.42. The molecule has 0 radical (unpaired) electrons. The van der Waals surface area contributed by atoms with E-state index in [-0.39, 0.29) is 0 Å². The van der Waals surface area contributed by atoms with Crippen molar-refractivity contribution in [3.05, 3.63) is 41.0 Å². The molecule has 0 aliphatic heterocycles. The third-order valence-electron chi connectivity index (χ3n) is 3.86. The summed E-state index contributed by atoms with van der Waals surface area (Å²) in [7, 11) is 0. The number of halogens is 1. The zero-order valence-corrected chi connectivity index (χ0v) is 12.8. The summed E-state index contributed by atoms with van der Waals surface area (Å²) in [5.41, 5.74) is 12.2. The number of aromatic amines is 1. The number of nitrogen functional groups attached to an aromatic ring is 1. The van der Waals surface area contributed by atoms with Crippen LogP contribution in [-0.4, -0.2) is 21.1 Å². The summed E-state index contributed by atoms with van der Waals surface area (Å²) in [5, 5.41) is 7.88. The number of hydrogen-bond donors (Lipinski definition) is 2. The Morgan fingerprint density at radius 2 is 2.00 bits per heavy atom. The molecule has 0 spiro atoms. The van der Waals surface area contributed by atoms with E-state index in [4.69, 9.17) is 22.3 Å². The van der Waals surface area contributed by atoms with Crippen molar-refractivity contribution in [2.24, 2.45) is 0 Å². The topological polar surface area (TPSA) is 67.6 Å². The lowest BCUT2D eigenvalue weighted by atomic mass is 9.95. The van der Waals surface area contributed by atoms with Crippen molar-refractivity contribution in [3.63, 3.8) is 0 Å². The van der Waals surface area contributed by atoms with Gasteiger partial charge in [-0.05, 0) is 37.0 Å². The second kappa shape index (κ2) is 5.37. The summed E-state index contributed by atoms with van der Waals surface area (Å²) in [6.07, 6.45) is 0.755. The maximum atomic E-state index is 5.99. The lowest BCUT2D eigenvalue weighted by Crippen LogP contribution is -2.01. The predicted octanol–water partition coefficient (Wildman–Crippen LogP) is 3.61. The predicted molar refractivity (Wildman–Crippen MR) is 87.6 cm³/mol. The summed E-state index contributed by atoms with van der Waals surface area (Å²) in [6.45, 7) is 4.14. The molecule has 3 N–H and O–H groups in total. The van der Waals surface area contributed by atoms with E-state index >= 15 is 0 Å². The minimum Gasteiger partial charge on any atom is -0.382 e. The van der Waals surface area contributed by atoms with Crippen LogP contribution in [0.15, 0.2) is 24.3 Å². The molecular formula is C16H17ClN4. The number of aryl methyl sites for hydroxylation is 2. The van der Waals surface area contributed by atoms with Crippen LogP contribution in [0.25, 0.3) is 22.3 Å². The van der Waals surface area contributed by atoms with E-state index < -0.39 is 0 Å². The fourth-order valence-electron chi connectivity index (χ4n) is 2.77. The number of alkyl halides is 1. The largest absolute Gasteiger partial charge is 0.382 e. The first-order chi connectivity index (χ1) is 10.1. The summed E-state index contributed by atoms with van der Waals surface area (Å²) in [6, 6.07) is 8.22. The van der Waals surface area contributed by atoms with Crippen molar-refractivity contribution in [1.29, 1.82) is 0 Å². The number of nitrogens with one attached hydrogen (secondary N) is 1. The monoisotopic (exact) mass is 300 g/mol. The molecule has 0 atom stereocenters. The molecule has 2 heterocycles. The molecule has 0 bridgehead atoms. The Balaban J connectivity index is 2.36. The lowest BCUT2D eigenvalue weighted by molar-refractivity contribution is 1.08. The normalized spacial score (nSPS) is 11.2. The quantitative estimate of drug-likeness (QED) is 0.726. The van der Waals surface area contributed by atoms with Crippen molar-refractivity contribution in [2.75, 3.05) is 11.6 Å². The zero-order chi connectivity index (χ0) is 15.0. The fourth-order valence-corrected chi connectivity index (χ4v) is 2.96. The molecular weight excluding hydrogens is 284 g/mol. The van der Waals surface area contributed by atoms with E-state index in [2.05, 4.69) is 36.2 Å². The molecule has 0 saturated heterocycles. The Morgan fingerprint density at radius 3 is 2.71 bits per heavy atom. The van der Waals surface area contributed by atoms with E-state index in [0.29, 0.717) is 11.7 Å². The maximum Gasteiger partial charge on any atom is 0.158 e. The van der Waals surface area contributed by atoms with Gasteiger partial charge in [0, 0.05) is 11.4 Å². The van der Waals surface area contributed by atoms with Crippen LogP contribution >= 0.6 is 11.6 Å². The van der Waals surface area contributed by atoms with Crippen molar-refractivity contribution >= 4 is 28.5 Å². The van der Waals surface area contributed by atoms with Crippen LogP contribution in [0.1, 0.15) is 16.7 Å². The third kappa shape index (κ3) is 2.25. The van der Waals surface area contributed by atoms with Crippen molar-refractivity contribution < 1.29 is 0 Å². The Hall–Kier alpha value is -2.07. The molecule has 3 rings (SSSR count). The molecule has 3 aromatic rings. The molecule has 0 aliphatic rings. The highest BCUT2D eigenvalue weighted by molar-refractivity contribution is 6.18.